The molecule has 1 atom stereocenters. The van der Waals surface area contributed by atoms with E-state index in [0.29, 0.717) is 5.56 Å². The Morgan fingerprint density at radius 1 is 1.06 bits per heavy atom. The molecule has 0 spiro atoms. The first-order valence-corrected chi connectivity index (χ1v) is 5.47. The van der Waals surface area contributed by atoms with Crippen LogP contribution in [0, 0.1) is 5.82 Å². The molecule has 0 unspecified atom stereocenters. The van der Waals surface area contributed by atoms with Gasteiger partial charge in [-0.2, -0.15) is 0 Å². The van der Waals surface area contributed by atoms with Crippen molar-refractivity contribution in [3.63, 3.8) is 0 Å². The van der Waals surface area contributed by atoms with E-state index in [9.17, 15) is 14.3 Å². The molecule has 0 saturated carbocycles. The molecule has 4 heteroatoms. The maximum Gasteiger partial charge on any atom is 0.257 e. The highest BCUT2D eigenvalue weighted by Crippen LogP contribution is 2.17. The van der Waals surface area contributed by atoms with E-state index in [1.165, 1.54) is 18.2 Å². The van der Waals surface area contributed by atoms with Gasteiger partial charge in [-0.05, 0) is 17.7 Å². The lowest BCUT2D eigenvalue weighted by atomic mass is 10.1. The molecule has 0 bridgehead atoms. The van der Waals surface area contributed by atoms with Gasteiger partial charge in [-0.3, -0.25) is 4.79 Å². The van der Waals surface area contributed by atoms with Gasteiger partial charge >= 0.3 is 0 Å². The first-order valence-electron chi connectivity index (χ1n) is 5.47. The fourth-order valence-electron chi connectivity index (χ4n) is 1.55. The number of hydrogen-bond acceptors (Lipinski definition) is 2. The third kappa shape index (κ3) is 2.73. The molecule has 0 fully saturated rings. The minimum absolute atomic E-state index is 0.0532. The summed E-state index contributed by atoms with van der Waals surface area (Å²) in [6.45, 7) is 0. The molecular weight excluding hydrogens is 233 g/mol. The van der Waals surface area contributed by atoms with Gasteiger partial charge in [-0.15, -0.1) is 0 Å². The second-order valence-electron chi connectivity index (χ2n) is 3.78. The number of aliphatic hydroxyl groups excluding tert-OH is 1. The topological polar surface area (TPSA) is 49.3 Å². The molecular formula is C14H12FNO2. The van der Waals surface area contributed by atoms with Crippen LogP contribution >= 0.6 is 0 Å². The third-order valence-corrected chi connectivity index (χ3v) is 2.50. The average Bonchev–Trinajstić information content (AvgIpc) is 2.41. The van der Waals surface area contributed by atoms with E-state index in [0.717, 1.165) is 0 Å². The summed E-state index contributed by atoms with van der Waals surface area (Å²) < 4.78 is 13.3. The van der Waals surface area contributed by atoms with Gasteiger partial charge in [0.1, 0.15) is 5.82 Å². The van der Waals surface area contributed by atoms with E-state index in [-0.39, 0.29) is 5.69 Å². The number of benzene rings is 2. The fourth-order valence-corrected chi connectivity index (χ4v) is 1.55. The van der Waals surface area contributed by atoms with Crippen molar-refractivity contribution < 1.29 is 14.3 Å². The Morgan fingerprint density at radius 3 is 2.33 bits per heavy atom. The molecule has 0 saturated heterocycles. The first kappa shape index (κ1) is 12.3. The zero-order valence-corrected chi connectivity index (χ0v) is 9.51. The number of amides is 1. The van der Waals surface area contributed by atoms with Crippen molar-refractivity contribution in [3.8, 4) is 0 Å². The SMILES string of the molecule is O=C(Nc1ccccc1F)[C@H](O)c1ccccc1. The van der Waals surface area contributed by atoms with E-state index >= 15 is 0 Å². The van der Waals surface area contributed by atoms with Crippen molar-refractivity contribution in [1.82, 2.24) is 0 Å². The number of hydrogen-bond donors (Lipinski definition) is 2. The molecule has 2 aromatic carbocycles. The molecule has 0 aliphatic rings. The number of aliphatic hydroxyl groups is 1. The number of carbonyl (C=O) groups is 1. The number of carbonyl (C=O) groups excluding carboxylic acids is 1. The van der Waals surface area contributed by atoms with Gasteiger partial charge in [-0.25, -0.2) is 4.39 Å². The van der Waals surface area contributed by atoms with Crippen molar-refractivity contribution >= 4 is 11.6 Å². The number of halogens is 1. The van der Waals surface area contributed by atoms with Crippen molar-refractivity contribution in [2.24, 2.45) is 0 Å². The Labute approximate surface area is 104 Å². The molecule has 0 radical (unpaired) electrons. The maximum absolute atomic E-state index is 13.3. The van der Waals surface area contributed by atoms with Crippen LogP contribution in [0.25, 0.3) is 0 Å². The lowest BCUT2D eigenvalue weighted by Gasteiger charge is -2.11. The molecule has 2 N–H and O–H groups in total. The third-order valence-electron chi connectivity index (χ3n) is 2.50. The summed E-state index contributed by atoms with van der Waals surface area (Å²) in [6.07, 6.45) is -1.31. The minimum atomic E-state index is -1.31. The summed E-state index contributed by atoms with van der Waals surface area (Å²) >= 11 is 0. The van der Waals surface area contributed by atoms with Gasteiger partial charge < -0.3 is 10.4 Å². The lowest BCUT2D eigenvalue weighted by molar-refractivity contribution is -0.124. The van der Waals surface area contributed by atoms with Crippen molar-refractivity contribution in [2.75, 3.05) is 5.32 Å². The summed E-state index contributed by atoms with van der Waals surface area (Å²) in [5.41, 5.74) is 0.517. The van der Waals surface area contributed by atoms with Gasteiger partial charge in [0.05, 0.1) is 5.69 Å². The Bertz CT molecular complexity index is 543. The molecule has 0 aromatic heterocycles. The molecule has 2 rings (SSSR count). The predicted octanol–water partition coefficient (Wildman–Crippen LogP) is 2.50. The van der Waals surface area contributed by atoms with Gasteiger partial charge in [-0.1, -0.05) is 42.5 Å². The van der Waals surface area contributed by atoms with Crippen molar-refractivity contribution in [2.45, 2.75) is 6.10 Å². The van der Waals surface area contributed by atoms with E-state index in [4.69, 9.17) is 0 Å². The molecule has 0 heterocycles. The van der Waals surface area contributed by atoms with E-state index in [1.54, 1.807) is 36.4 Å². The van der Waals surface area contributed by atoms with Crippen molar-refractivity contribution in [3.05, 3.63) is 66.0 Å². The normalized spacial score (nSPS) is 11.9. The molecule has 0 aliphatic heterocycles. The van der Waals surface area contributed by atoms with Crippen LogP contribution < -0.4 is 5.32 Å². The highest BCUT2D eigenvalue weighted by atomic mass is 19.1. The van der Waals surface area contributed by atoms with Crippen LogP contribution in [0.1, 0.15) is 11.7 Å². The summed E-state index contributed by atoms with van der Waals surface area (Å²) in [6, 6.07) is 14.3. The smallest absolute Gasteiger partial charge is 0.257 e. The zero-order chi connectivity index (χ0) is 13.0. The largest absolute Gasteiger partial charge is 0.378 e. The number of rotatable bonds is 3. The molecule has 1 amide bonds. The van der Waals surface area contributed by atoms with E-state index < -0.39 is 17.8 Å². The molecule has 92 valence electrons. The fraction of sp³-hybridized carbons (Fsp3) is 0.0714. The summed E-state index contributed by atoms with van der Waals surface area (Å²) in [5.74, 6) is -1.20. The van der Waals surface area contributed by atoms with Crippen LogP contribution in [0.15, 0.2) is 54.6 Å². The Morgan fingerprint density at radius 2 is 1.67 bits per heavy atom. The van der Waals surface area contributed by atoms with E-state index in [2.05, 4.69) is 5.32 Å². The van der Waals surface area contributed by atoms with Crippen LogP contribution in [0.4, 0.5) is 10.1 Å². The Kier molecular flexibility index (Phi) is 3.69. The van der Waals surface area contributed by atoms with Gasteiger partial charge in [0, 0.05) is 0 Å². The predicted molar refractivity (Wildman–Crippen MR) is 66.4 cm³/mol. The quantitative estimate of drug-likeness (QED) is 0.872. The van der Waals surface area contributed by atoms with Crippen LogP contribution in [-0.4, -0.2) is 11.0 Å². The van der Waals surface area contributed by atoms with E-state index in [1.807, 2.05) is 0 Å². The summed E-state index contributed by atoms with van der Waals surface area (Å²) in [5, 5.41) is 12.2. The summed E-state index contributed by atoms with van der Waals surface area (Å²) in [4.78, 5) is 11.7. The van der Waals surface area contributed by atoms with Crippen LogP contribution in [0.3, 0.4) is 0 Å². The Hall–Kier alpha value is -2.20. The number of nitrogens with one attached hydrogen (secondary N) is 1. The van der Waals surface area contributed by atoms with Gasteiger partial charge in [0.2, 0.25) is 0 Å². The van der Waals surface area contributed by atoms with Gasteiger partial charge in [0.25, 0.3) is 5.91 Å². The highest BCUT2D eigenvalue weighted by Gasteiger charge is 2.17. The molecule has 0 aliphatic carbocycles. The van der Waals surface area contributed by atoms with Crippen molar-refractivity contribution in [1.29, 1.82) is 0 Å². The minimum Gasteiger partial charge on any atom is -0.378 e. The Balaban J connectivity index is 2.12. The number of para-hydroxylation sites is 1. The molecule has 18 heavy (non-hydrogen) atoms. The maximum atomic E-state index is 13.3. The van der Waals surface area contributed by atoms with Crippen LogP contribution in [0.5, 0.6) is 0 Å². The second-order valence-corrected chi connectivity index (χ2v) is 3.78. The summed E-state index contributed by atoms with van der Waals surface area (Å²) in [7, 11) is 0. The highest BCUT2D eigenvalue weighted by molar-refractivity contribution is 5.94. The number of anilines is 1. The first-order chi connectivity index (χ1) is 8.68. The molecule has 3 nitrogen and oxygen atoms in total. The monoisotopic (exact) mass is 245 g/mol. The van der Waals surface area contributed by atoms with Gasteiger partial charge in [0.15, 0.2) is 6.10 Å². The lowest BCUT2D eigenvalue weighted by Crippen LogP contribution is -2.21. The van der Waals surface area contributed by atoms with Crippen LogP contribution in [0.2, 0.25) is 0 Å². The average molecular weight is 245 g/mol. The zero-order valence-electron chi connectivity index (χ0n) is 9.51. The molecule has 2 aromatic rings. The second kappa shape index (κ2) is 5.42. The standard InChI is InChI=1S/C14H12FNO2/c15-11-8-4-5-9-12(11)16-14(18)13(17)10-6-2-1-3-7-10/h1-9,13,17H,(H,16,18)/t13-/m1/s1. The van der Waals surface area contributed by atoms with Crippen LogP contribution in [-0.2, 0) is 4.79 Å².